The summed E-state index contributed by atoms with van der Waals surface area (Å²) in [4.78, 5) is 20.5. The molecule has 0 saturated carbocycles. The Balaban J connectivity index is 1.18. The maximum atomic E-state index is 12.5. The number of anilines is 1. The van der Waals surface area contributed by atoms with E-state index >= 15 is 0 Å². The molecule has 5 nitrogen and oxygen atoms in total. The maximum absolute atomic E-state index is 12.5. The second-order valence-corrected chi connectivity index (χ2v) is 9.64. The maximum Gasteiger partial charge on any atom is 0.249 e. The smallest absolute Gasteiger partial charge is 0.249 e. The van der Waals surface area contributed by atoms with Gasteiger partial charge in [-0.25, -0.2) is 0 Å². The molecule has 0 radical (unpaired) electrons. The number of H-pyrrole nitrogens is 1. The summed E-state index contributed by atoms with van der Waals surface area (Å²) in [6.45, 7) is 4.98. The summed E-state index contributed by atoms with van der Waals surface area (Å²) in [5, 5.41) is 2.36. The van der Waals surface area contributed by atoms with Crippen molar-refractivity contribution in [1.29, 1.82) is 0 Å². The number of benzene rings is 3. The number of pyridine rings is 1. The van der Waals surface area contributed by atoms with E-state index in [2.05, 4.69) is 69.4 Å². The molecule has 3 aromatic carbocycles. The molecule has 1 fully saturated rings. The molecule has 2 aromatic heterocycles. The van der Waals surface area contributed by atoms with E-state index in [0.29, 0.717) is 0 Å². The van der Waals surface area contributed by atoms with Crippen LogP contribution in [0.2, 0.25) is 0 Å². The van der Waals surface area contributed by atoms with Crippen LogP contribution in [-0.4, -0.2) is 47.0 Å². The van der Waals surface area contributed by atoms with Gasteiger partial charge in [0.05, 0.1) is 10.2 Å². The Morgan fingerprint density at radius 2 is 1.62 bits per heavy atom. The van der Waals surface area contributed by atoms with Crippen LogP contribution in [-0.2, 0) is 6.42 Å². The van der Waals surface area contributed by atoms with Crippen molar-refractivity contribution < 1.29 is 0 Å². The van der Waals surface area contributed by atoms with Crippen LogP contribution in [0, 0.1) is 0 Å². The van der Waals surface area contributed by atoms with Crippen LogP contribution >= 0.6 is 11.5 Å². The Hall–Kier alpha value is -3.48. The molecule has 1 N–H and O–H groups in total. The SMILES string of the molecule is O=c1cc(-c2ccccc2)c2cccc(CCN3CCN(c4nsc5ccccc45)CC3)c2[nH]1. The number of nitrogens with one attached hydrogen (secondary N) is 1. The fourth-order valence-electron chi connectivity index (χ4n) is 4.97. The molecule has 0 aliphatic carbocycles. The lowest BCUT2D eigenvalue weighted by Gasteiger charge is -2.35. The highest BCUT2D eigenvalue weighted by Crippen LogP contribution is 2.30. The van der Waals surface area contributed by atoms with Gasteiger partial charge in [-0.3, -0.25) is 9.69 Å². The highest BCUT2D eigenvalue weighted by atomic mass is 32.1. The number of rotatable bonds is 5. The number of nitrogens with zero attached hydrogens (tertiary/aromatic N) is 3. The molecule has 170 valence electrons. The first-order chi connectivity index (χ1) is 16.8. The largest absolute Gasteiger partial charge is 0.353 e. The minimum atomic E-state index is -0.0529. The number of fused-ring (bicyclic) bond motifs is 2. The summed E-state index contributed by atoms with van der Waals surface area (Å²) in [5.41, 5.74) is 4.16. The van der Waals surface area contributed by atoms with E-state index in [1.807, 2.05) is 18.2 Å². The van der Waals surface area contributed by atoms with Gasteiger partial charge in [0.1, 0.15) is 5.82 Å². The average molecular weight is 467 g/mol. The zero-order chi connectivity index (χ0) is 22.9. The van der Waals surface area contributed by atoms with Gasteiger partial charge in [-0.15, -0.1) is 0 Å². The Labute approximate surface area is 202 Å². The summed E-state index contributed by atoms with van der Waals surface area (Å²) in [7, 11) is 0. The van der Waals surface area contributed by atoms with Crippen molar-refractivity contribution in [3.05, 3.63) is 94.8 Å². The van der Waals surface area contributed by atoms with Crippen molar-refractivity contribution in [2.24, 2.45) is 0 Å². The standard InChI is InChI=1S/C28H26N4OS/c33-26-19-24(20-7-2-1-3-8-20)22-11-6-9-21(27(22)29-26)13-14-31-15-17-32(18-16-31)28-23-10-4-5-12-25(23)34-30-28/h1-12,19H,13-18H2,(H,29,33). The first-order valence-corrected chi connectivity index (χ1v) is 12.6. The van der Waals surface area contributed by atoms with Crippen LogP contribution in [0.5, 0.6) is 0 Å². The van der Waals surface area contributed by atoms with Gasteiger partial charge in [-0.05, 0) is 46.8 Å². The van der Waals surface area contributed by atoms with Gasteiger partial charge in [0.25, 0.3) is 0 Å². The zero-order valence-electron chi connectivity index (χ0n) is 18.9. The van der Waals surface area contributed by atoms with Crippen LogP contribution in [0.25, 0.3) is 32.1 Å². The summed E-state index contributed by atoms with van der Waals surface area (Å²) in [6.07, 6.45) is 0.908. The first kappa shape index (κ1) is 21.1. The molecule has 5 aromatic rings. The van der Waals surface area contributed by atoms with E-state index in [1.54, 1.807) is 17.6 Å². The van der Waals surface area contributed by atoms with Crippen LogP contribution < -0.4 is 10.5 Å². The van der Waals surface area contributed by atoms with Gasteiger partial charge in [0, 0.05) is 49.6 Å². The average Bonchev–Trinajstić information content (AvgIpc) is 3.32. The van der Waals surface area contributed by atoms with Gasteiger partial charge >= 0.3 is 0 Å². The van der Waals surface area contributed by atoms with Crippen molar-refractivity contribution in [3.8, 4) is 11.1 Å². The van der Waals surface area contributed by atoms with E-state index < -0.39 is 0 Å². The molecule has 0 unspecified atom stereocenters. The molecule has 0 bridgehead atoms. The van der Waals surface area contributed by atoms with Crippen molar-refractivity contribution >= 4 is 38.3 Å². The normalized spacial score (nSPS) is 14.8. The van der Waals surface area contributed by atoms with E-state index in [9.17, 15) is 4.79 Å². The molecule has 6 heteroatoms. The van der Waals surface area contributed by atoms with Crippen molar-refractivity contribution in [1.82, 2.24) is 14.3 Å². The lowest BCUT2D eigenvalue weighted by atomic mass is 9.98. The highest BCUT2D eigenvalue weighted by molar-refractivity contribution is 7.13. The summed E-state index contributed by atoms with van der Waals surface area (Å²) < 4.78 is 5.98. The summed E-state index contributed by atoms with van der Waals surface area (Å²) in [5.74, 6) is 1.13. The molecule has 3 heterocycles. The Bertz CT molecular complexity index is 1500. The Morgan fingerprint density at radius 3 is 2.47 bits per heavy atom. The number of para-hydroxylation sites is 1. The number of hydrogen-bond acceptors (Lipinski definition) is 5. The van der Waals surface area contributed by atoms with Gasteiger partial charge in [0.2, 0.25) is 5.56 Å². The van der Waals surface area contributed by atoms with E-state index in [0.717, 1.165) is 67.0 Å². The van der Waals surface area contributed by atoms with Crippen LogP contribution in [0.1, 0.15) is 5.56 Å². The third kappa shape index (κ3) is 4.00. The fourth-order valence-corrected chi connectivity index (χ4v) is 5.76. The van der Waals surface area contributed by atoms with Crippen LogP contribution in [0.4, 0.5) is 5.82 Å². The summed E-state index contributed by atoms with van der Waals surface area (Å²) in [6, 6.07) is 26.7. The van der Waals surface area contributed by atoms with Crippen LogP contribution in [0.3, 0.4) is 0 Å². The van der Waals surface area contributed by atoms with Crippen LogP contribution in [0.15, 0.2) is 83.7 Å². The molecular weight excluding hydrogens is 440 g/mol. The summed E-state index contributed by atoms with van der Waals surface area (Å²) >= 11 is 1.58. The third-order valence-corrected chi connectivity index (χ3v) is 7.59. The molecule has 0 spiro atoms. The zero-order valence-corrected chi connectivity index (χ0v) is 19.7. The number of hydrogen-bond donors (Lipinski definition) is 1. The Morgan fingerprint density at radius 1 is 0.853 bits per heavy atom. The van der Waals surface area contributed by atoms with E-state index in [1.165, 1.54) is 15.6 Å². The number of aromatic nitrogens is 2. The molecule has 1 aliphatic heterocycles. The molecule has 0 atom stereocenters. The van der Waals surface area contributed by atoms with Crippen molar-refractivity contribution in [2.75, 3.05) is 37.6 Å². The first-order valence-electron chi connectivity index (χ1n) is 11.8. The number of piperazine rings is 1. The molecule has 0 amide bonds. The van der Waals surface area contributed by atoms with E-state index in [4.69, 9.17) is 4.37 Å². The molecule has 1 saturated heterocycles. The Kier molecular flexibility index (Phi) is 5.61. The molecule has 1 aliphatic rings. The lowest BCUT2D eigenvalue weighted by Crippen LogP contribution is -2.47. The van der Waals surface area contributed by atoms with Crippen molar-refractivity contribution in [2.45, 2.75) is 6.42 Å². The predicted octanol–water partition coefficient (Wildman–Crippen LogP) is 5.17. The lowest BCUT2D eigenvalue weighted by molar-refractivity contribution is 0.261. The van der Waals surface area contributed by atoms with E-state index in [-0.39, 0.29) is 5.56 Å². The van der Waals surface area contributed by atoms with Gasteiger partial charge < -0.3 is 9.88 Å². The molecule has 6 rings (SSSR count). The topological polar surface area (TPSA) is 52.2 Å². The highest BCUT2D eigenvalue weighted by Gasteiger charge is 2.21. The third-order valence-electron chi connectivity index (χ3n) is 6.78. The predicted molar refractivity (Wildman–Crippen MR) is 142 cm³/mol. The van der Waals surface area contributed by atoms with Gasteiger partial charge in [0.15, 0.2) is 0 Å². The monoisotopic (exact) mass is 466 g/mol. The van der Waals surface area contributed by atoms with Gasteiger partial charge in [-0.1, -0.05) is 60.7 Å². The fraction of sp³-hybridized carbons (Fsp3) is 0.214. The number of aromatic amines is 1. The second kappa shape index (κ2) is 9.05. The quantitative estimate of drug-likeness (QED) is 0.388. The van der Waals surface area contributed by atoms with Gasteiger partial charge in [-0.2, -0.15) is 4.37 Å². The van der Waals surface area contributed by atoms with Crippen molar-refractivity contribution in [3.63, 3.8) is 0 Å². The minimum Gasteiger partial charge on any atom is -0.353 e. The minimum absolute atomic E-state index is 0.0529. The molecule has 34 heavy (non-hydrogen) atoms. The molecular formula is C28H26N4OS. The second-order valence-electron chi connectivity index (χ2n) is 8.83.